The minimum Gasteiger partial charge on any atom is -0.338 e. The number of likely N-dealkylation sites (N-methyl/N-ethyl adjacent to an activating group) is 1. The van der Waals surface area contributed by atoms with Gasteiger partial charge in [-0.2, -0.15) is 0 Å². The number of hydrogen-bond acceptors (Lipinski definition) is 3. The molecule has 2 aromatic carbocycles. The fraction of sp³-hybridized carbons (Fsp3) is 0.481. The maximum absolute atomic E-state index is 13.9. The standard InChI is InChI=1S/C27H35ClN4O/c1-5-9-24(27(33)31-14-12-30(6-2)13-15-31)32-25-17-20(4)19(3)16-23(25)29-26(32)18-21-10-7-8-11-22(21)28/h7-8,10-11,16-17,24H,5-6,9,12-15,18H2,1-4H3/t24-/m1/s1. The van der Waals surface area contributed by atoms with Gasteiger partial charge in [-0.3, -0.25) is 4.79 Å². The van der Waals surface area contributed by atoms with E-state index in [0.29, 0.717) is 6.42 Å². The molecule has 5 nitrogen and oxygen atoms in total. The molecule has 0 radical (unpaired) electrons. The Balaban J connectivity index is 1.78. The van der Waals surface area contributed by atoms with Crippen LogP contribution < -0.4 is 0 Å². The summed E-state index contributed by atoms with van der Waals surface area (Å²) in [6.45, 7) is 13.1. The summed E-state index contributed by atoms with van der Waals surface area (Å²) in [6, 6.07) is 12.0. The highest BCUT2D eigenvalue weighted by molar-refractivity contribution is 6.31. The molecule has 0 spiro atoms. The van der Waals surface area contributed by atoms with Gasteiger partial charge in [-0.1, -0.05) is 50.1 Å². The average molecular weight is 467 g/mol. The fourth-order valence-corrected chi connectivity index (χ4v) is 5.02. The maximum Gasteiger partial charge on any atom is 0.245 e. The van der Waals surface area contributed by atoms with Gasteiger partial charge in [0.05, 0.1) is 11.0 Å². The third kappa shape index (κ3) is 4.95. The molecular formula is C27H35ClN4O. The lowest BCUT2D eigenvalue weighted by Gasteiger charge is -2.36. The number of halogens is 1. The highest BCUT2D eigenvalue weighted by Crippen LogP contribution is 2.30. The van der Waals surface area contributed by atoms with Crippen LogP contribution in [0.1, 0.15) is 55.2 Å². The molecule has 1 saturated heterocycles. The molecule has 3 aromatic rings. The SMILES string of the molecule is CCC[C@H](C(=O)N1CCN(CC)CC1)n1c(Cc2ccccc2Cl)nc2cc(C)c(C)cc21. The van der Waals surface area contributed by atoms with Crippen molar-refractivity contribution in [1.29, 1.82) is 0 Å². The maximum atomic E-state index is 13.9. The molecule has 0 aliphatic carbocycles. The number of imidazole rings is 1. The Bertz CT molecular complexity index is 1130. The molecule has 0 N–H and O–H groups in total. The number of rotatable bonds is 7. The van der Waals surface area contributed by atoms with Gasteiger partial charge in [0.2, 0.25) is 5.91 Å². The zero-order valence-corrected chi connectivity index (χ0v) is 21.0. The van der Waals surface area contributed by atoms with Gasteiger partial charge >= 0.3 is 0 Å². The molecule has 0 unspecified atom stereocenters. The summed E-state index contributed by atoms with van der Waals surface area (Å²) in [5.74, 6) is 1.12. The minimum atomic E-state index is -0.257. The van der Waals surface area contributed by atoms with E-state index in [2.05, 4.69) is 54.2 Å². The van der Waals surface area contributed by atoms with E-state index in [1.165, 1.54) is 11.1 Å². The topological polar surface area (TPSA) is 41.4 Å². The number of fused-ring (bicyclic) bond motifs is 1. The van der Waals surface area contributed by atoms with Gasteiger partial charge in [-0.25, -0.2) is 4.98 Å². The van der Waals surface area contributed by atoms with Crippen LogP contribution in [0, 0.1) is 13.8 Å². The van der Waals surface area contributed by atoms with Crippen LogP contribution in [0.5, 0.6) is 0 Å². The second-order valence-electron chi connectivity index (χ2n) is 9.16. The molecule has 176 valence electrons. The fourth-order valence-electron chi connectivity index (χ4n) is 4.82. The highest BCUT2D eigenvalue weighted by Gasteiger charge is 2.31. The second-order valence-corrected chi connectivity index (χ2v) is 9.56. The van der Waals surface area contributed by atoms with Crippen LogP contribution >= 0.6 is 11.6 Å². The molecule has 4 rings (SSSR count). The van der Waals surface area contributed by atoms with Crippen LogP contribution in [0.4, 0.5) is 0 Å². The predicted molar refractivity (Wildman–Crippen MR) is 136 cm³/mol. The van der Waals surface area contributed by atoms with Gasteiger partial charge in [0, 0.05) is 37.6 Å². The number of carbonyl (C=O) groups excluding carboxylic acids is 1. The summed E-state index contributed by atoms with van der Waals surface area (Å²) in [4.78, 5) is 23.4. The van der Waals surface area contributed by atoms with Crippen LogP contribution in [0.2, 0.25) is 5.02 Å². The van der Waals surface area contributed by atoms with Crippen molar-refractivity contribution in [2.75, 3.05) is 32.7 Å². The van der Waals surface area contributed by atoms with Crippen molar-refractivity contribution in [2.45, 2.75) is 53.0 Å². The van der Waals surface area contributed by atoms with Gasteiger partial charge in [0.15, 0.2) is 0 Å². The molecule has 0 bridgehead atoms. The first-order valence-electron chi connectivity index (χ1n) is 12.2. The Morgan fingerprint density at radius 2 is 1.76 bits per heavy atom. The summed E-state index contributed by atoms with van der Waals surface area (Å²) >= 11 is 6.51. The molecule has 6 heteroatoms. The Labute approximate surface area is 202 Å². The van der Waals surface area contributed by atoms with Crippen LogP contribution in [-0.2, 0) is 11.2 Å². The van der Waals surface area contributed by atoms with Crippen LogP contribution in [-0.4, -0.2) is 58.0 Å². The first-order chi connectivity index (χ1) is 15.9. The number of hydrogen-bond donors (Lipinski definition) is 0. The third-order valence-electron chi connectivity index (χ3n) is 6.97. The largest absolute Gasteiger partial charge is 0.338 e. The van der Waals surface area contributed by atoms with Crippen molar-refractivity contribution in [3.63, 3.8) is 0 Å². The molecule has 1 aromatic heterocycles. The Kier molecular flexibility index (Phi) is 7.40. The summed E-state index contributed by atoms with van der Waals surface area (Å²) in [5.41, 5.74) is 5.45. The van der Waals surface area contributed by atoms with Crippen molar-refractivity contribution in [3.8, 4) is 0 Å². The van der Waals surface area contributed by atoms with E-state index in [1.807, 2.05) is 24.3 Å². The lowest BCUT2D eigenvalue weighted by atomic mass is 10.1. The van der Waals surface area contributed by atoms with Gasteiger partial charge in [-0.05, 0) is 61.7 Å². The molecule has 1 amide bonds. The molecule has 1 aliphatic heterocycles. The smallest absolute Gasteiger partial charge is 0.245 e. The molecule has 0 saturated carbocycles. The minimum absolute atomic E-state index is 0.213. The van der Waals surface area contributed by atoms with Crippen molar-refractivity contribution >= 4 is 28.5 Å². The number of piperazine rings is 1. The number of aromatic nitrogens is 2. The van der Waals surface area contributed by atoms with Crippen LogP contribution in [0.3, 0.4) is 0 Å². The number of benzene rings is 2. The summed E-state index contributed by atoms with van der Waals surface area (Å²) in [6.07, 6.45) is 2.33. The van der Waals surface area contributed by atoms with Gasteiger partial charge < -0.3 is 14.4 Å². The van der Waals surface area contributed by atoms with Crippen molar-refractivity contribution in [2.24, 2.45) is 0 Å². The Morgan fingerprint density at radius 1 is 1.06 bits per heavy atom. The number of carbonyl (C=O) groups is 1. The third-order valence-corrected chi connectivity index (χ3v) is 7.34. The quantitative estimate of drug-likeness (QED) is 0.468. The Morgan fingerprint density at radius 3 is 2.42 bits per heavy atom. The van der Waals surface area contributed by atoms with E-state index in [9.17, 15) is 4.79 Å². The molecule has 1 fully saturated rings. The molecule has 1 aliphatic rings. The van der Waals surface area contributed by atoms with Crippen LogP contribution in [0.15, 0.2) is 36.4 Å². The van der Waals surface area contributed by atoms with E-state index < -0.39 is 0 Å². The molecule has 2 heterocycles. The van der Waals surface area contributed by atoms with Crippen molar-refractivity contribution in [1.82, 2.24) is 19.4 Å². The van der Waals surface area contributed by atoms with E-state index in [4.69, 9.17) is 16.6 Å². The first-order valence-corrected chi connectivity index (χ1v) is 12.5. The van der Waals surface area contributed by atoms with E-state index in [0.717, 1.165) is 73.0 Å². The number of amides is 1. The van der Waals surface area contributed by atoms with Crippen molar-refractivity contribution < 1.29 is 4.79 Å². The number of aryl methyl sites for hydroxylation is 2. The summed E-state index contributed by atoms with van der Waals surface area (Å²) < 4.78 is 2.21. The average Bonchev–Trinajstić information content (AvgIpc) is 3.15. The monoisotopic (exact) mass is 466 g/mol. The lowest BCUT2D eigenvalue weighted by Crippen LogP contribution is -2.50. The normalized spacial score (nSPS) is 15.8. The Hall–Kier alpha value is -2.37. The highest BCUT2D eigenvalue weighted by atomic mass is 35.5. The molecular weight excluding hydrogens is 432 g/mol. The van der Waals surface area contributed by atoms with E-state index in [1.54, 1.807) is 0 Å². The summed E-state index contributed by atoms with van der Waals surface area (Å²) in [7, 11) is 0. The predicted octanol–water partition coefficient (Wildman–Crippen LogP) is 5.40. The van der Waals surface area contributed by atoms with Crippen LogP contribution in [0.25, 0.3) is 11.0 Å². The summed E-state index contributed by atoms with van der Waals surface area (Å²) in [5, 5.41) is 0.734. The van der Waals surface area contributed by atoms with Crippen molar-refractivity contribution in [3.05, 3.63) is 63.9 Å². The van der Waals surface area contributed by atoms with Gasteiger partial charge in [0.25, 0.3) is 0 Å². The van der Waals surface area contributed by atoms with Gasteiger partial charge in [-0.15, -0.1) is 0 Å². The zero-order chi connectivity index (χ0) is 23.5. The molecule has 1 atom stereocenters. The van der Waals surface area contributed by atoms with Gasteiger partial charge in [0.1, 0.15) is 11.9 Å². The number of nitrogens with zero attached hydrogens (tertiary/aromatic N) is 4. The van der Waals surface area contributed by atoms with E-state index >= 15 is 0 Å². The first kappa shape index (κ1) is 23.8. The zero-order valence-electron chi connectivity index (χ0n) is 20.3. The molecule has 33 heavy (non-hydrogen) atoms. The van der Waals surface area contributed by atoms with E-state index in [-0.39, 0.29) is 11.9 Å². The second kappa shape index (κ2) is 10.3. The lowest BCUT2D eigenvalue weighted by molar-refractivity contribution is -0.136.